The van der Waals surface area contributed by atoms with E-state index in [4.69, 9.17) is 15.7 Å². The molecule has 7 nitrogen and oxygen atoms in total. The van der Waals surface area contributed by atoms with Gasteiger partial charge < -0.3 is 16.0 Å². The monoisotopic (exact) mass is 407 g/mol. The number of hydrogen-bond donors (Lipinski definition) is 2. The first-order valence-corrected chi connectivity index (χ1v) is 11.1. The van der Waals surface area contributed by atoms with Crippen LogP contribution in [0.15, 0.2) is 30.5 Å². The summed E-state index contributed by atoms with van der Waals surface area (Å²) < 4.78 is 1.84. The summed E-state index contributed by atoms with van der Waals surface area (Å²) in [6.07, 6.45) is 6.07. The fourth-order valence-electron chi connectivity index (χ4n) is 4.06. The number of piperidine rings is 1. The summed E-state index contributed by atoms with van der Waals surface area (Å²) in [5.41, 5.74) is 10.8. The van der Waals surface area contributed by atoms with Crippen LogP contribution < -0.4 is 16.0 Å². The molecule has 3 N–H and O–H groups in total. The highest BCUT2D eigenvalue weighted by atomic mass is 15.4. The van der Waals surface area contributed by atoms with Crippen LogP contribution >= 0.6 is 0 Å². The predicted octanol–water partition coefficient (Wildman–Crippen LogP) is 3.74. The van der Waals surface area contributed by atoms with Gasteiger partial charge in [-0.3, -0.25) is 0 Å². The van der Waals surface area contributed by atoms with Gasteiger partial charge in [-0.25, -0.2) is 0 Å². The zero-order valence-corrected chi connectivity index (χ0v) is 18.3. The number of nitrogens with two attached hydrogens (primary N) is 1. The highest BCUT2D eigenvalue weighted by Gasteiger charge is 2.22. The molecular weight excluding hydrogens is 374 g/mol. The Balaban J connectivity index is 1.67. The van der Waals surface area contributed by atoms with Crippen molar-refractivity contribution in [3.05, 3.63) is 47.2 Å². The quantitative estimate of drug-likeness (QED) is 0.621. The van der Waals surface area contributed by atoms with E-state index in [2.05, 4.69) is 60.4 Å². The number of nitrogens with zero attached hydrogens (tertiary/aromatic N) is 5. The Bertz CT molecular complexity index is 986. The minimum absolute atomic E-state index is 0.277. The average molecular weight is 408 g/mol. The summed E-state index contributed by atoms with van der Waals surface area (Å²) in [7, 11) is 0. The second-order valence-corrected chi connectivity index (χ2v) is 8.53. The van der Waals surface area contributed by atoms with E-state index in [1.54, 1.807) is 0 Å². The number of hydrogen-bond acceptors (Lipinski definition) is 6. The molecule has 1 aliphatic heterocycles. The molecule has 1 fully saturated rings. The van der Waals surface area contributed by atoms with Gasteiger partial charge in [0.05, 0.1) is 6.20 Å². The van der Waals surface area contributed by atoms with Crippen LogP contribution in [0.25, 0.3) is 5.65 Å². The van der Waals surface area contributed by atoms with Gasteiger partial charge in [0.1, 0.15) is 0 Å². The summed E-state index contributed by atoms with van der Waals surface area (Å²) in [5, 5.41) is 8.14. The normalized spacial score (nSPS) is 15.3. The van der Waals surface area contributed by atoms with Crippen molar-refractivity contribution in [3.8, 4) is 0 Å². The second-order valence-electron chi connectivity index (χ2n) is 8.53. The van der Waals surface area contributed by atoms with Crippen molar-refractivity contribution in [2.45, 2.75) is 65.0 Å². The van der Waals surface area contributed by atoms with E-state index < -0.39 is 0 Å². The van der Waals surface area contributed by atoms with E-state index in [1.807, 2.05) is 10.7 Å². The third kappa shape index (κ3) is 4.26. The fourth-order valence-corrected chi connectivity index (χ4v) is 4.06. The summed E-state index contributed by atoms with van der Waals surface area (Å²) in [4.78, 5) is 12.0. The Morgan fingerprint density at radius 1 is 1.13 bits per heavy atom. The molecule has 0 amide bonds. The standard InChI is InChI=1S/C23H33N7/c1-4-7-17-8-5-6-9-18(17)14-25-22-28-23(29-12-10-19(24)11-13-29)27-21-20(16(2)3)15-26-30(21)22/h5-6,8-9,15-16,19H,4,7,10-14,24H2,1-3H3,(H,25,27,28). The lowest BCUT2D eigenvalue weighted by molar-refractivity contribution is 0.495. The van der Waals surface area contributed by atoms with Crippen molar-refractivity contribution in [1.82, 2.24) is 19.6 Å². The number of nitrogens with one attached hydrogen (secondary N) is 1. The Morgan fingerprint density at radius 2 is 1.87 bits per heavy atom. The van der Waals surface area contributed by atoms with Gasteiger partial charge >= 0.3 is 0 Å². The summed E-state index contributed by atoms with van der Waals surface area (Å²) >= 11 is 0. The van der Waals surface area contributed by atoms with Crippen molar-refractivity contribution in [1.29, 1.82) is 0 Å². The minimum Gasteiger partial charge on any atom is -0.350 e. The molecule has 7 heteroatoms. The Labute approximate surface area is 178 Å². The molecule has 3 heterocycles. The van der Waals surface area contributed by atoms with Gasteiger partial charge in [-0.15, -0.1) is 0 Å². The third-order valence-electron chi connectivity index (χ3n) is 5.90. The lowest BCUT2D eigenvalue weighted by Crippen LogP contribution is -2.40. The van der Waals surface area contributed by atoms with Crippen LogP contribution in [0.1, 0.15) is 62.6 Å². The highest BCUT2D eigenvalue weighted by molar-refractivity contribution is 5.56. The summed E-state index contributed by atoms with van der Waals surface area (Å²) in [6.45, 7) is 9.05. The fraction of sp³-hybridized carbons (Fsp3) is 0.522. The van der Waals surface area contributed by atoms with E-state index in [0.29, 0.717) is 12.5 Å². The van der Waals surface area contributed by atoms with Crippen LogP contribution in [0.5, 0.6) is 0 Å². The number of aryl methyl sites for hydroxylation is 1. The van der Waals surface area contributed by atoms with Crippen molar-refractivity contribution < 1.29 is 0 Å². The van der Waals surface area contributed by atoms with Crippen LogP contribution in [-0.2, 0) is 13.0 Å². The summed E-state index contributed by atoms with van der Waals surface area (Å²) in [6, 6.07) is 8.88. The average Bonchev–Trinajstić information content (AvgIpc) is 3.18. The highest BCUT2D eigenvalue weighted by Crippen LogP contribution is 2.25. The topological polar surface area (TPSA) is 84.4 Å². The van der Waals surface area contributed by atoms with E-state index in [1.165, 1.54) is 11.1 Å². The number of anilines is 2. The molecular formula is C23H33N7. The largest absolute Gasteiger partial charge is 0.350 e. The van der Waals surface area contributed by atoms with Crippen molar-refractivity contribution in [2.75, 3.05) is 23.3 Å². The maximum atomic E-state index is 6.10. The molecule has 0 aliphatic carbocycles. The lowest BCUT2D eigenvalue weighted by atomic mass is 10.0. The van der Waals surface area contributed by atoms with Crippen LogP contribution in [0.4, 0.5) is 11.9 Å². The molecule has 0 radical (unpaired) electrons. The summed E-state index contributed by atoms with van der Waals surface area (Å²) in [5.74, 6) is 1.85. The van der Waals surface area contributed by atoms with Crippen molar-refractivity contribution >= 4 is 17.5 Å². The molecule has 0 atom stereocenters. The van der Waals surface area contributed by atoms with E-state index >= 15 is 0 Å². The Hall–Kier alpha value is -2.67. The Kier molecular flexibility index (Phi) is 6.18. The maximum absolute atomic E-state index is 6.10. The van der Waals surface area contributed by atoms with Gasteiger partial charge in [0.2, 0.25) is 11.9 Å². The van der Waals surface area contributed by atoms with Gasteiger partial charge in [0.25, 0.3) is 0 Å². The molecule has 0 unspecified atom stereocenters. The number of rotatable bonds is 7. The van der Waals surface area contributed by atoms with Gasteiger partial charge in [0, 0.05) is 31.2 Å². The van der Waals surface area contributed by atoms with Gasteiger partial charge in [-0.1, -0.05) is 51.5 Å². The molecule has 1 aliphatic rings. The number of aromatic nitrogens is 4. The van der Waals surface area contributed by atoms with Crippen LogP contribution in [0, 0.1) is 0 Å². The molecule has 30 heavy (non-hydrogen) atoms. The maximum Gasteiger partial charge on any atom is 0.230 e. The third-order valence-corrected chi connectivity index (χ3v) is 5.90. The van der Waals surface area contributed by atoms with Crippen LogP contribution in [0.2, 0.25) is 0 Å². The van der Waals surface area contributed by atoms with E-state index in [-0.39, 0.29) is 6.04 Å². The second kappa shape index (κ2) is 9.00. The molecule has 0 saturated carbocycles. The minimum atomic E-state index is 0.277. The number of fused-ring (bicyclic) bond motifs is 1. The Morgan fingerprint density at radius 3 is 2.57 bits per heavy atom. The van der Waals surface area contributed by atoms with Gasteiger partial charge in [-0.05, 0) is 36.3 Å². The first-order chi connectivity index (χ1) is 14.6. The molecule has 3 aromatic rings. The zero-order chi connectivity index (χ0) is 21.1. The van der Waals surface area contributed by atoms with Gasteiger partial charge in [-0.2, -0.15) is 19.6 Å². The molecule has 0 bridgehead atoms. The smallest absolute Gasteiger partial charge is 0.230 e. The van der Waals surface area contributed by atoms with Crippen LogP contribution in [-0.4, -0.2) is 38.7 Å². The first kappa shape index (κ1) is 20.6. The molecule has 0 spiro atoms. The first-order valence-electron chi connectivity index (χ1n) is 11.1. The molecule has 160 valence electrons. The zero-order valence-electron chi connectivity index (χ0n) is 18.3. The lowest BCUT2D eigenvalue weighted by Gasteiger charge is -2.30. The van der Waals surface area contributed by atoms with E-state index in [9.17, 15) is 0 Å². The number of benzene rings is 1. The predicted molar refractivity (Wildman–Crippen MR) is 122 cm³/mol. The molecule has 1 saturated heterocycles. The van der Waals surface area contributed by atoms with E-state index in [0.717, 1.165) is 61.9 Å². The molecule has 4 rings (SSSR count). The molecule has 2 aromatic heterocycles. The van der Waals surface area contributed by atoms with Gasteiger partial charge in [0.15, 0.2) is 5.65 Å². The SMILES string of the molecule is CCCc1ccccc1CNc1nc(N2CCC(N)CC2)nc2c(C(C)C)cnn12. The molecule has 1 aromatic carbocycles. The van der Waals surface area contributed by atoms with Crippen LogP contribution in [0.3, 0.4) is 0 Å². The van der Waals surface area contributed by atoms with Crippen molar-refractivity contribution in [3.63, 3.8) is 0 Å². The van der Waals surface area contributed by atoms with Crippen molar-refractivity contribution in [2.24, 2.45) is 5.73 Å².